The average molecular weight is 250 g/mol. The first-order valence-corrected chi connectivity index (χ1v) is 6.67. The van der Waals surface area contributed by atoms with E-state index in [-0.39, 0.29) is 17.9 Å². The molecule has 0 bridgehead atoms. The van der Waals surface area contributed by atoms with Gasteiger partial charge in [0.15, 0.2) is 0 Å². The SMILES string of the molecule is Cn1cc(CN[C@H]2CCCCC[C@H]2C(N)=O)cn1. The molecule has 1 aliphatic rings. The minimum absolute atomic E-state index is 0.0239. The molecule has 1 aliphatic carbocycles. The Labute approximate surface area is 108 Å². The van der Waals surface area contributed by atoms with Crippen LogP contribution in [0.25, 0.3) is 0 Å². The van der Waals surface area contributed by atoms with Crippen LogP contribution in [-0.4, -0.2) is 21.7 Å². The van der Waals surface area contributed by atoms with Crippen LogP contribution in [0.15, 0.2) is 12.4 Å². The second-order valence-corrected chi connectivity index (χ2v) is 5.16. The van der Waals surface area contributed by atoms with Crippen molar-refractivity contribution >= 4 is 5.91 Å². The molecule has 0 saturated heterocycles. The Kier molecular flexibility index (Phi) is 4.36. The second-order valence-electron chi connectivity index (χ2n) is 5.16. The Morgan fingerprint density at radius 2 is 2.28 bits per heavy atom. The van der Waals surface area contributed by atoms with E-state index < -0.39 is 0 Å². The molecule has 0 aliphatic heterocycles. The molecule has 0 radical (unpaired) electrons. The predicted molar refractivity (Wildman–Crippen MR) is 69.6 cm³/mol. The lowest BCUT2D eigenvalue weighted by Gasteiger charge is -2.23. The van der Waals surface area contributed by atoms with Gasteiger partial charge in [-0.2, -0.15) is 5.10 Å². The Balaban J connectivity index is 1.94. The zero-order valence-corrected chi connectivity index (χ0v) is 10.9. The maximum Gasteiger partial charge on any atom is 0.222 e. The van der Waals surface area contributed by atoms with E-state index in [1.54, 1.807) is 4.68 Å². The van der Waals surface area contributed by atoms with E-state index in [0.29, 0.717) is 0 Å². The molecule has 1 saturated carbocycles. The number of nitrogens with zero attached hydrogens (tertiary/aromatic N) is 2. The van der Waals surface area contributed by atoms with E-state index >= 15 is 0 Å². The van der Waals surface area contributed by atoms with Crippen LogP contribution in [0.1, 0.15) is 37.7 Å². The van der Waals surface area contributed by atoms with E-state index in [2.05, 4.69) is 10.4 Å². The van der Waals surface area contributed by atoms with Crippen molar-refractivity contribution in [1.29, 1.82) is 0 Å². The van der Waals surface area contributed by atoms with Crippen molar-refractivity contribution in [2.75, 3.05) is 0 Å². The molecule has 3 N–H and O–H groups in total. The Morgan fingerprint density at radius 1 is 1.50 bits per heavy atom. The smallest absolute Gasteiger partial charge is 0.222 e. The molecule has 2 rings (SSSR count). The maximum atomic E-state index is 11.5. The lowest BCUT2D eigenvalue weighted by atomic mass is 9.94. The number of rotatable bonds is 4. The highest BCUT2D eigenvalue weighted by molar-refractivity contribution is 5.77. The number of carbonyl (C=O) groups excluding carboxylic acids is 1. The zero-order valence-electron chi connectivity index (χ0n) is 10.9. The third-order valence-corrected chi connectivity index (χ3v) is 3.71. The van der Waals surface area contributed by atoms with Gasteiger partial charge in [-0.25, -0.2) is 0 Å². The predicted octanol–water partition coefficient (Wildman–Crippen LogP) is 0.944. The average Bonchev–Trinajstić information content (AvgIpc) is 2.62. The minimum Gasteiger partial charge on any atom is -0.369 e. The number of nitrogens with one attached hydrogen (secondary N) is 1. The summed E-state index contributed by atoms with van der Waals surface area (Å²) >= 11 is 0. The van der Waals surface area contributed by atoms with Crippen LogP contribution in [0.4, 0.5) is 0 Å². The van der Waals surface area contributed by atoms with Crippen molar-refractivity contribution in [3.8, 4) is 0 Å². The van der Waals surface area contributed by atoms with Crippen LogP contribution >= 0.6 is 0 Å². The van der Waals surface area contributed by atoms with E-state index in [1.807, 2.05) is 19.4 Å². The molecule has 0 spiro atoms. The van der Waals surface area contributed by atoms with Crippen LogP contribution in [0.5, 0.6) is 0 Å². The normalized spacial score (nSPS) is 24.7. The standard InChI is InChI=1S/C13H22N4O/c1-17-9-10(8-16-17)7-15-12-6-4-2-3-5-11(12)13(14)18/h8-9,11-12,15H,2-7H2,1H3,(H2,14,18)/t11-,12+/m1/s1. The lowest BCUT2D eigenvalue weighted by Crippen LogP contribution is -2.41. The van der Waals surface area contributed by atoms with Crippen LogP contribution < -0.4 is 11.1 Å². The van der Waals surface area contributed by atoms with Gasteiger partial charge in [-0.15, -0.1) is 0 Å². The van der Waals surface area contributed by atoms with Crippen LogP contribution in [-0.2, 0) is 18.4 Å². The molecule has 1 heterocycles. The Morgan fingerprint density at radius 3 is 2.94 bits per heavy atom. The number of nitrogens with two attached hydrogens (primary N) is 1. The number of primary amides is 1. The van der Waals surface area contributed by atoms with Gasteiger partial charge in [0.1, 0.15) is 0 Å². The van der Waals surface area contributed by atoms with Crippen molar-refractivity contribution in [2.24, 2.45) is 18.7 Å². The molecule has 1 fully saturated rings. The van der Waals surface area contributed by atoms with Gasteiger partial charge in [0.05, 0.1) is 12.1 Å². The van der Waals surface area contributed by atoms with Gasteiger partial charge in [0.2, 0.25) is 5.91 Å². The summed E-state index contributed by atoms with van der Waals surface area (Å²) in [6, 6.07) is 0.213. The van der Waals surface area contributed by atoms with Crippen molar-refractivity contribution in [3.05, 3.63) is 18.0 Å². The van der Waals surface area contributed by atoms with E-state index in [1.165, 1.54) is 12.8 Å². The fourth-order valence-corrected chi connectivity index (χ4v) is 2.70. The summed E-state index contributed by atoms with van der Waals surface area (Å²) in [4.78, 5) is 11.5. The zero-order chi connectivity index (χ0) is 13.0. The molecule has 100 valence electrons. The van der Waals surface area contributed by atoms with Crippen molar-refractivity contribution in [3.63, 3.8) is 0 Å². The highest BCUT2D eigenvalue weighted by atomic mass is 16.1. The molecular formula is C13H22N4O. The summed E-state index contributed by atoms with van der Waals surface area (Å²) in [5.74, 6) is -0.190. The fourth-order valence-electron chi connectivity index (χ4n) is 2.70. The molecule has 0 aromatic carbocycles. The summed E-state index contributed by atoms with van der Waals surface area (Å²) < 4.78 is 1.79. The van der Waals surface area contributed by atoms with E-state index in [4.69, 9.17) is 5.73 Å². The van der Waals surface area contributed by atoms with Gasteiger partial charge in [-0.1, -0.05) is 19.3 Å². The Bertz CT molecular complexity index is 401. The van der Waals surface area contributed by atoms with Crippen LogP contribution in [0.3, 0.4) is 0 Å². The van der Waals surface area contributed by atoms with Crippen molar-refractivity contribution in [2.45, 2.75) is 44.7 Å². The quantitative estimate of drug-likeness (QED) is 0.781. The number of carbonyl (C=O) groups is 1. The molecule has 5 nitrogen and oxygen atoms in total. The molecular weight excluding hydrogens is 228 g/mol. The monoisotopic (exact) mass is 250 g/mol. The van der Waals surface area contributed by atoms with Gasteiger partial charge < -0.3 is 11.1 Å². The first kappa shape index (κ1) is 13.1. The summed E-state index contributed by atoms with van der Waals surface area (Å²) in [5, 5.41) is 7.61. The topological polar surface area (TPSA) is 72.9 Å². The number of hydrogen-bond donors (Lipinski definition) is 2. The third kappa shape index (κ3) is 3.32. The summed E-state index contributed by atoms with van der Waals surface area (Å²) in [7, 11) is 1.90. The molecule has 1 amide bonds. The van der Waals surface area contributed by atoms with E-state index in [0.717, 1.165) is 31.4 Å². The number of aryl methyl sites for hydroxylation is 1. The van der Waals surface area contributed by atoms with Gasteiger partial charge in [-0.3, -0.25) is 9.48 Å². The molecule has 18 heavy (non-hydrogen) atoms. The lowest BCUT2D eigenvalue weighted by molar-refractivity contribution is -0.122. The largest absolute Gasteiger partial charge is 0.369 e. The maximum absolute atomic E-state index is 11.5. The number of amides is 1. The Hall–Kier alpha value is -1.36. The summed E-state index contributed by atoms with van der Waals surface area (Å²) in [6.45, 7) is 0.752. The molecule has 1 aromatic heterocycles. The highest BCUT2D eigenvalue weighted by Gasteiger charge is 2.27. The minimum atomic E-state index is -0.166. The molecule has 1 aromatic rings. The second kappa shape index (κ2) is 6.00. The summed E-state index contributed by atoms with van der Waals surface area (Å²) in [5.41, 5.74) is 6.65. The van der Waals surface area contributed by atoms with Crippen molar-refractivity contribution < 1.29 is 4.79 Å². The van der Waals surface area contributed by atoms with Gasteiger partial charge in [0.25, 0.3) is 0 Å². The first-order valence-electron chi connectivity index (χ1n) is 6.67. The number of hydrogen-bond acceptors (Lipinski definition) is 3. The fraction of sp³-hybridized carbons (Fsp3) is 0.692. The van der Waals surface area contributed by atoms with Gasteiger partial charge in [-0.05, 0) is 12.8 Å². The van der Waals surface area contributed by atoms with E-state index in [9.17, 15) is 4.79 Å². The van der Waals surface area contributed by atoms with Crippen LogP contribution in [0.2, 0.25) is 0 Å². The molecule has 5 heteroatoms. The van der Waals surface area contributed by atoms with Crippen molar-refractivity contribution in [1.82, 2.24) is 15.1 Å². The number of aromatic nitrogens is 2. The van der Waals surface area contributed by atoms with Crippen LogP contribution in [0, 0.1) is 5.92 Å². The molecule has 2 atom stereocenters. The molecule has 0 unspecified atom stereocenters. The summed E-state index contributed by atoms with van der Waals surface area (Å²) in [6.07, 6.45) is 9.28. The van der Waals surface area contributed by atoms with Gasteiger partial charge in [0, 0.05) is 31.4 Å². The first-order chi connectivity index (χ1) is 8.66. The highest BCUT2D eigenvalue weighted by Crippen LogP contribution is 2.23. The van der Waals surface area contributed by atoms with Gasteiger partial charge >= 0.3 is 0 Å². The third-order valence-electron chi connectivity index (χ3n) is 3.71.